The van der Waals surface area contributed by atoms with E-state index in [0.29, 0.717) is 29.8 Å². The quantitative estimate of drug-likeness (QED) is 0.218. The molecule has 2 rings (SSSR count). The van der Waals surface area contributed by atoms with E-state index in [1.807, 2.05) is 19.1 Å². The summed E-state index contributed by atoms with van der Waals surface area (Å²) in [5, 5.41) is 20.2. The number of methoxy groups -OCH3 is 1. The molecule has 0 heterocycles. The molecular weight excluding hydrogens is 428 g/mol. The number of aryl methyl sites for hydroxylation is 1. The molecule has 2 aromatic rings. The molecular formula is C24H30N2O7. The number of aliphatic hydroxyl groups excluding tert-OH is 1. The van der Waals surface area contributed by atoms with Crippen molar-refractivity contribution < 1.29 is 34.1 Å². The topological polar surface area (TPSA) is 126 Å². The van der Waals surface area contributed by atoms with Crippen LogP contribution in [-0.4, -0.2) is 48.7 Å². The van der Waals surface area contributed by atoms with Gasteiger partial charge >= 0.3 is 6.09 Å². The summed E-state index contributed by atoms with van der Waals surface area (Å²) >= 11 is 0. The Morgan fingerprint density at radius 2 is 1.79 bits per heavy atom. The van der Waals surface area contributed by atoms with Crippen LogP contribution in [-0.2, 0) is 14.3 Å². The maximum Gasteiger partial charge on any atom is 0.412 e. The number of aliphatic hydroxyl groups is 1. The number of carbonyl (C=O) groups is 2. The zero-order valence-electron chi connectivity index (χ0n) is 18.7. The van der Waals surface area contributed by atoms with Gasteiger partial charge in [-0.05, 0) is 49.6 Å². The summed E-state index contributed by atoms with van der Waals surface area (Å²) < 4.78 is 16.7. The van der Waals surface area contributed by atoms with E-state index in [1.54, 1.807) is 42.5 Å². The van der Waals surface area contributed by atoms with Crippen molar-refractivity contribution in [3.8, 4) is 5.75 Å². The van der Waals surface area contributed by atoms with Gasteiger partial charge in [0.1, 0.15) is 12.4 Å². The third-order valence-corrected chi connectivity index (χ3v) is 4.74. The molecule has 33 heavy (non-hydrogen) atoms. The number of hydrogen-bond donors (Lipinski definition) is 4. The first-order valence-electron chi connectivity index (χ1n) is 10.5. The summed E-state index contributed by atoms with van der Waals surface area (Å²) in [4.78, 5) is 23.8. The Hall–Kier alpha value is -3.40. The summed E-state index contributed by atoms with van der Waals surface area (Å²) in [6.45, 7) is 2.03. The summed E-state index contributed by atoms with van der Waals surface area (Å²) in [7, 11) is 1.52. The second-order valence-electron chi connectivity index (χ2n) is 7.19. The average molecular weight is 459 g/mol. The predicted octanol–water partition coefficient (Wildman–Crippen LogP) is 3.51. The zero-order valence-corrected chi connectivity index (χ0v) is 18.7. The highest BCUT2D eigenvalue weighted by molar-refractivity contribution is 5.86. The molecule has 9 heteroatoms. The molecule has 2 atom stereocenters. The summed E-state index contributed by atoms with van der Waals surface area (Å²) in [5.74, 6) is -0.0599. The third-order valence-electron chi connectivity index (χ3n) is 4.74. The van der Waals surface area contributed by atoms with Crippen LogP contribution >= 0.6 is 0 Å². The monoisotopic (exact) mass is 458 g/mol. The maximum atomic E-state index is 12.6. The molecule has 0 radical (unpaired) electrons. The van der Waals surface area contributed by atoms with Gasteiger partial charge in [0, 0.05) is 18.9 Å². The van der Waals surface area contributed by atoms with E-state index in [1.165, 1.54) is 18.7 Å². The first-order chi connectivity index (χ1) is 16.0. The molecule has 0 saturated carbocycles. The van der Waals surface area contributed by atoms with E-state index in [4.69, 9.17) is 24.5 Å². The zero-order chi connectivity index (χ0) is 24.1. The Morgan fingerprint density at radius 3 is 2.39 bits per heavy atom. The van der Waals surface area contributed by atoms with Gasteiger partial charge in [0.05, 0.1) is 12.7 Å². The molecule has 0 aromatic heterocycles. The first-order valence-corrected chi connectivity index (χ1v) is 10.5. The fourth-order valence-corrected chi connectivity index (χ4v) is 3.06. The summed E-state index contributed by atoms with van der Waals surface area (Å²) in [6.07, 6.45) is 1.79. The minimum absolute atomic E-state index is 0.0970. The first kappa shape index (κ1) is 25.9. The molecule has 0 unspecified atom stereocenters. The lowest BCUT2D eigenvalue weighted by Gasteiger charge is -2.26. The van der Waals surface area contributed by atoms with E-state index in [2.05, 4.69) is 5.32 Å². The molecule has 0 aliphatic carbocycles. The van der Waals surface area contributed by atoms with Crippen LogP contribution in [0.1, 0.15) is 30.1 Å². The minimum Gasteiger partial charge on any atom is -0.491 e. The molecule has 9 nitrogen and oxygen atoms in total. The van der Waals surface area contributed by atoms with E-state index < -0.39 is 24.2 Å². The SMILES string of the molecule is CO[C@@H](CC/C=C/C(=O)NO)[C@@H](OC(=O)Nc1ccc(C)cc1)c1ccc(OCCO)cc1. The Balaban J connectivity index is 2.16. The molecule has 0 spiro atoms. The van der Waals surface area contributed by atoms with Gasteiger partial charge in [-0.1, -0.05) is 35.9 Å². The van der Waals surface area contributed by atoms with Crippen LogP contribution < -0.4 is 15.5 Å². The number of benzene rings is 2. The molecule has 0 fully saturated rings. The molecule has 0 bridgehead atoms. The third kappa shape index (κ3) is 8.93. The van der Waals surface area contributed by atoms with E-state index in [9.17, 15) is 9.59 Å². The van der Waals surface area contributed by atoms with Crippen molar-refractivity contribution >= 4 is 17.7 Å². The van der Waals surface area contributed by atoms with Gasteiger partial charge < -0.3 is 19.3 Å². The number of nitrogens with one attached hydrogen (secondary N) is 2. The number of hydrogen-bond acceptors (Lipinski definition) is 7. The van der Waals surface area contributed by atoms with Gasteiger partial charge in [0.15, 0.2) is 6.10 Å². The number of allylic oxidation sites excluding steroid dienone is 1. The summed E-state index contributed by atoms with van der Waals surface area (Å²) in [5.41, 5.74) is 3.88. The molecule has 4 N–H and O–H groups in total. The Bertz CT molecular complexity index is 898. The fourth-order valence-electron chi connectivity index (χ4n) is 3.06. The molecule has 2 amide bonds. The molecule has 0 saturated heterocycles. The van der Waals surface area contributed by atoms with Crippen LogP contribution in [0.25, 0.3) is 0 Å². The lowest BCUT2D eigenvalue weighted by Crippen LogP contribution is -2.28. The van der Waals surface area contributed by atoms with Crippen molar-refractivity contribution in [1.82, 2.24) is 5.48 Å². The fraction of sp³-hybridized carbons (Fsp3) is 0.333. The Morgan fingerprint density at radius 1 is 1.09 bits per heavy atom. The smallest absolute Gasteiger partial charge is 0.412 e. The van der Waals surface area contributed by atoms with Gasteiger partial charge in [-0.25, -0.2) is 10.3 Å². The van der Waals surface area contributed by atoms with Crippen molar-refractivity contribution in [3.05, 3.63) is 71.8 Å². The lowest BCUT2D eigenvalue weighted by molar-refractivity contribution is -0.124. The number of ether oxygens (including phenoxy) is 3. The predicted molar refractivity (Wildman–Crippen MR) is 122 cm³/mol. The molecule has 178 valence electrons. The molecule has 0 aliphatic heterocycles. The van der Waals surface area contributed by atoms with Crippen molar-refractivity contribution in [2.24, 2.45) is 0 Å². The van der Waals surface area contributed by atoms with Crippen LogP contribution in [0.5, 0.6) is 5.75 Å². The second kappa shape index (κ2) is 13.9. The van der Waals surface area contributed by atoms with Gasteiger partial charge in [-0.3, -0.25) is 15.3 Å². The van der Waals surface area contributed by atoms with E-state index in [0.717, 1.165) is 5.56 Å². The van der Waals surface area contributed by atoms with E-state index >= 15 is 0 Å². The van der Waals surface area contributed by atoms with Crippen molar-refractivity contribution in [3.63, 3.8) is 0 Å². The highest BCUT2D eigenvalue weighted by atomic mass is 16.6. The van der Waals surface area contributed by atoms with Gasteiger partial charge in [-0.15, -0.1) is 0 Å². The van der Waals surface area contributed by atoms with E-state index in [-0.39, 0.29) is 13.2 Å². The minimum atomic E-state index is -0.743. The van der Waals surface area contributed by atoms with Crippen LogP contribution in [0, 0.1) is 6.92 Å². The van der Waals surface area contributed by atoms with Crippen LogP contribution in [0.2, 0.25) is 0 Å². The standard InChI is InChI=1S/C24H30N2O7/c1-17-7-11-19(12-8-17)25-24(29)33-23(18-9-13-20(14-10-18)32-16-15-27)21(31-2)5-3-4-6-22(28)26-30/h4,6-14,21,23,27,30H,3,5,15-16H2,1-2H3,(H,25,29)(H,26,28)/b6-4+/t21-,23-/m0/s1. The molecule has 2 aromatic carbocycles. The number of hydroxylamine groups is 1. The van der Waals surface area contributed by atoms with Gasteiger partial charge in [-0.2, -0.15) is 0 Å². The number of carbonyl (C=O) groups excluding carboxylic acids is 2. The largest absolute Gasteiger partial charge is 0.491 e. The lowest BCUT2D eigenvalue weighted by atomic mass is 10.00. The van der Waals surface area contributed by atoms with Crippen molar-refractivity contribution in [2.45, 2.75) is 32.0 Å². The number of anilines is 1. The highest BCUT2D eigenvalue weighted by Gasteiger charge is 2.27. The van der Waals surface area contributed by atoms with Crippen molar-refractivity contribution in [2.75, 3.05) is 25.6 Å². The maximum absolute atomic E-state index is 12.6. The number of rotatable bonds is 12. The van der Waals surface area contributed by atoms with Crippen molar-refractivity contribution in [1.29, 1.82) is 0 Å². The van der Waals surface area contributed by atoms with Crippen LogP contribution in [0.4, 0.5) is 10.5 Å². The Kier molecular flexibility index (Phi) is 10.9. The highest BCUT2D eigenvalue weighted by Crippen LogP contribution is 2.29. The molecule has 0 aliphatic rings. The summed E-state index contributed by atoms with van der Waals surface area (Å²) in [6, 6.07) is 14.3. The van der Waals surface area contributed by atoms with Gasteiger partial charge in [0.2, 0.25) is 0 Å². The van der Waals surface area contributed by atoms with Crippen LogP contribution in [0.15, 0.2) is 60.7 Å². The average Bonchev–Trinajstić information content (AvgIpc) is 2.83. The Labute approximate surface area is 192 Å². The van der Waals surface area contributed by atoms with Crippen LogP contribution in [0.3, 0.4) is 0 Å². The normalized spacial score (nSPS) is 12.7. The van der Waals surface area contributed by atoms with Gasteiger partial charge in [0.25, 0.3) is 5.91 Å². The second-order valence-corrected chi connectivity index (χ2v) is 7.19. The number of amides is 2.